The Labute approximate surface area is 60.8 Å². The minimum absolute atomic E-state index is 0.484. The summed E-state index contributed by atoms with van der Waals surface area (Å²) in [5, 5.41) is 8.39. The lowest BCUT2D eigenvalue weighted by Crippen LogP contribution is -2.10. The normalized spacial score (nSPS) is 8.40. The lowest BCUT2D eigenvalue weighted by molar-refractivity contribution is 1.28. The van der Waals surface area contributed by atoms with Crippen molar-refractivity contribution < 1.29 is 0 Å². The van der Waals surface area contributed by atoms with Crippen molar-refractivity contribution in [3.05, 3.63) is 24.0 Å². The highest BCUT2D eigenvalue weighted by molar-refractivity contribution is 6.51. The Hall–Kier alpha value is -1.30. The average molecular weight is 130 g/mol. The van der Waals surface area contributed by atoms with Gasteiger partial charge in [0.1, 0.15) is 11.8 Å². The fraction of sp³-hybridized carbons (Fsp3) is 0.143. The zero-order valence-corrected chi connectivity index (χ0v) is 5.83. The van der Waals surface area contributed by atoms with Crippen LogP contribution in [0.5, 0.6) is 0 Å². The molecule has 0 aliphatic heterocycles. The summed E-state index contributed by atoms with van der Waals surface area (Å²) in [5.74, 6) is 0. The summed E-state index contributed by atoms with van der Waals surface area (Å²) in [4.78, 5) is 3.91. The third-order valence-electron chi connectivity index (χ3n) is 1.35. The maximum atomic E-state index is 8.39. The molecule has 0 radical (unpaired) electrons. The number of pyridine rings is 1. The van der Waals surface area contributed by atoms with Gasteiger partial charge in [0.25, 0.3) is 0 Å². The van der Waals surface area contributed by atoms with Gasteiger partial charge >= 0.3 is 0 Å². The Balaban J connectivity index is 2.93. The minimum atomic E-state index is 0.484. The number of aromatic nitrogens is 1. The molecular weight excluding hydrogens is 123 g/mol. The van der Waals surface area contributed by atoms with Crippen LogP contribution in [0.2, 0.25) is 6.82 Å². The monoisotopic (exact) mass is 130 g/mol. The zero-order chi connectivity index (χ0) is 7.40. The number of nitrogens with zero attached hydrogens (tertiary/aromatic N) is 2. The standard InChI is InChI=1S/C7H7BN2/c1-8-6-2-3-7(4-9)10-5-6/h2-3,5,8H,1H3. The van der Waals surface area contributed by atoms with Crippen LogP contribution in [0.3, 0.4) is 0 Å². The van der Waals surface area contributed by atoms with Gasteiger partial charge in [0.2, 0.25) is 0 Å². The van der Waals surface area contributed by atoms with Crippen LogP contribution in [-0.4, -0.2) is 12.3 Å². The van der Waals surface area contributed by atoms with E-state index >= 15 is 0 Å². The van der Waals surface area contributed by atoms with Gasteiger partial charge in [-0.25, -0.2) is 4.98 Å². The molecule has 1 aromatic heterocycles. The maximum absolute atomic E-state index is 8.39. The third kappa shape index (κ3) is 1.35. The Kier molecular flexibility index (Phi) is 2.06. The van der Waals surface area contributed by atoms with E-state index in [1.165, 1.54) is 5.46 Å². The molecule has 1 heterocycles. The molecule has 0 spiro atoms. The maximum Gasteiger partial charge on any atom is 0.156 e. The quantitative estimate of drug-likeness (QED) is 0.504. The van der Waals surface area contributed by atoms with Gasteiger partial charge in [-0.1, -0.05) is 18.4 Å². The zero-order valence-electron chi connectivity index (χ0n) is 5.83. The summed E-state index contributed by atoms with van der Waals surface area (Å²) in [5.41, 5.74) is 1.65. The lowest BCUT2D eigenvalue weighted by Gasteiger charge is -1.91. The Morgan fingerprint density at radius 1 is 1.60 bits per heavy atom. The van der Waals surface area contributed by atoms with Gasteiger partial charge in [-0.3, -0.25) is 0 Å². The van der Waals surface area contributed by atoms with Crippen molar-refractivity contribution >= 4 is 12.7 Å². The van der Waals surface area contributed by atoms with Crippen LogP contribution in [0.25, 0.3) is 0 Å². The predicted molar refractivity (Wildman–Crippen MR) is 41.6 cm³/mol. The highest BCUT2D eigenvalue weighted by atomic mass is 14.7. The largest absolute Gasteiger partial charge is 0.246 e. The smallest absolute Gasteiger partial charge is 0.156 e. The molecule has 0 fully saturated rings. The molecule has 48 valence electrons. The van der Waals surface area contributed by atoms with Crippen molar-refractivity contribution in [1.29, 1.82) is 5.26 Å². The fourth-order valence-electron chi connectivity index (χ4n) is 0.700. The second-order valence-electron chi connectivity index (χ2n) is 2.02. The Morgan fingerprint density at radius 3 is 2.80 bits per heavy atom. The second kappa shape index (κ2) is 3.02. The predicted octanol–water partition coefficient (Wildman–Crippen LogP) is 0.0632. The first-order valence-electron chi connectivity index (χ1n) is 3.22. The van der Waals surface area contributed by atoms with E-state index < -0.39 is 0 Å². The molecular formula is C7H7BN2. The molecule has 2 nitrogen and oxygen atoms in total. The van der Waals surface area contributed by atoms with Crippen LogP contribution in [-0.2, 0) is 0 Å². The molecule has 0 bridgehead atoms. The van der Waals surface area contributed by atoms with E-state index in [1.807, 2.05) is 12.1 Å². The molecule has 3 heteroatoms. The van der Waals surface area contributed by atoms with Crippen molar-refractivity contribution in [2.75, 3.05) is 0 Å². The molecule has 0 aromatic carbocycles. The van der Waals surface area contributed by atoms with Crippen LogP contribution < -0.4 is 5.46 Å². The Morgan fingerprint density at radius 2 is 2.40 bits per heavy atom. The summed E-state index contributed by atoms with van der Waals surface area (Å²) in [6.07, 6.45) is 1.73. The number of hydrogen-bond acceptors (Lipinski definition) is 2. The highest BCUT2D eigenvalue weighted by Crippen LogP contribution is 1.86. The van der Waals surface area contributed by atoms with Crippen molar-refractivity contribution in [3.63, 3.8) is 0 Å². The molecule has 0 N–H and O–H groups in total. The van der Waals surface area contributed by atoms with Crippen LogP contribution in [0.1, 0.15) is 5.69 Å². The molecule has 1 aromatic rings. The number of rotatable bonds is 1. The molecule has 0 amide bonds. The van der Waals surface area contributed by atoms with Crippen molar-refractivity contribution in [2.45, 2.75) is 6.82 Å². The molecule has 0 aliphatic carbocycles. The minimum Gasteiger partial charge on any atom is -0.246 e. The summed E-state index contributed by atoms with van der Waals surface area (Å²) < 4.78 is 0. The topological polar surface area (TPSA) is 36.7 Å². The first-order chi connectivity index (χ1) is 4.86. The van der Waals surface area contributed by atoms with E-state index in [0.29, 0.717) is 5.69 Å². The van der Waals surface area contributed by atoms with Gasteiger partial charge < -0.3 is 0 Å². The summed E-state index contributed by atoms with van der Waals surface area (Å²) in [6, 6.07) is 5.62. The van der Waals surface area contributed by atoms with Gasteiger partial charge in [-0.05, 0) is 6.07 Å². The van der Waals surface area contributed by atoms with Gasteiger partial charge in [0, 0.05) is 6.20 Å². The van der Waals surface area contributed by atoms with E-state index in [0.717, 1.165) is 7.28 Å². The summed E-state index contributed by atoms with van der Waals surface area (Å²) >= 11 is 0. The van der Waals surface area contributed by atoms with Crippen molar-refractivity contribution in [3.8, 4) is 6.07 Å². The van der Waals surface area contributed by atoms with E-state index in [2.05, 4.69) is 11.8 Å². The van der Waals surface area contributed by atoms with E-state index in [9.17, 15) is 0 Å². The molecule has 0 saturated carbocycles. The van der Waals surface area contributed by atoms with E-state index in [-0.39, 0.29) is 0 Å². The third-order valence-corrected chi connectivity index (χ3v) is 1.35. The van der Waals surface area contributed by atoms with Crippen LogP contribution in [0.4, 0.5) is 0 Å². The van der Waals surface area contributed by atoms with Gasteiger partial charge in [0.05, 0.1) is 0 Å². The highest BCUT2D eigenvalue weighted by Gasteiger charge is 1.91. The number of nitriles is 1. The molecule has 0 unspecified atom stereocenters. The van der Waals surface area contributed by atoms with E-state index in [1.54, 1.807) is 12.3 Å². The first-order valence-corrected chi connectivity index (χ1v) is 3.22. The Bertz CT molecular complexity index is 247. The molecule has 0 saturated heterocycles. The van der Waals surface area contributed by atoms with Crippen molar-refractivity contribution in [1.82, 2.24) is 4.98 Å². The average Bonchev–Trinajstić information content (AvgIpc) is 2.05. The van der Waals surface area contributed by atoms with Crippen LogP contribution in [0.15, 0.2) is 18.3 Å². The van der Waals surface area contributed by atoms with Gasteiger partial charge in [-0.15, -0.1) is 0 Å². The van der Waals surface area contributed by atoms with Crippen LogP contribution >= 0.6 is 0 Å². The van der Waals surface area contributed by atoms with Crippen LogP contribution in [0, 0.1) is 11.3 Å². The van der Waals surface area contributed by atoms with E-state index in [4.69, 9.17) is 5.26 Å². The van der Waals surface area contributed by atoms with Gasteiger partial charge in [0.15, 0.2) is 7.28 Å². The van der Waals surface area contributed by atoms with Gasteiger partial charge in [-0.2, -0.15) is 5.26 Å². The molecule has 0 atom stereocenters. The lowest BCUT2D eigenvalue weighted by atomic mass is 9.74. The fourth-order valence-corrected chi connectivity index (χ4v) is 0.700. The summed E-state index contributed by atoms with van der Waals surface area (Å²) in [6.45, 7) is 2.06. The number of hydrogen-bond donors (Lipinski definition) is 0. The summed E-state index contributed by atoms with van der Waals surface area (Å²) in [7, 11) is 0.971. The SMILES string of the molecule is CBc1ccc(C#N)nc1. The first kappa shape index (κ1) is 6.82. The second-order valence-corrected chi connectivity index (χ2v) is 2.02. The molecule has 1 rings (SSSR count). The molecule has 10 heavy (non-hydrogen) atoms. The molecule has 0 aliphatic rings. The van der Waals surface area contributed by atoms with Crippen molar-refractivity contribution in [2.24, 2.45) is 0 Å².